The average Bonchev–Trinajstić information content (AvgIpc) is 2.68. The average molecular weight is 427 g/mol. The fourth-order valence-electron chi connectivity index (χ4n) is 2.56. The van der Waals surface area contributed by atoms with Gasteiger partial charge in [0, 0.05) is 17.8 Å². The third-order valence-corrected chi connectivity index (χ3v) is 4.35. The van der Waals surface area contributed by atoms with Crippen molar-refractivity contribution in [2.75, 3.05) is 25.6 Å². The number of methoxy groups -OCH3 is 1. The number of unbranched alkanes of at least 4 members (excludes halogenated alkanes) is 1. The van der Waals surface area contributed by atoms with Crippen LogP contribution in [-0.2, 0) is 6.54 Å². The molecule has 0 radical (unpaired) electrons. The maximum atomic E-state index is 12.7. The Labute approximate surface area is 178 Å². The molecule has 2 rings (SSSR count). The van der Waals surface area contributed by atoms with Crippen LogP contribution in [0.25, 0.3) is 0 Å². The Morgan fingerprint density at radius 2 is 1.93 bits per heavy atom. The van der Waals surface area contributed by atoms with Crippen LogP contribution in [0.4, 0.5) is 5.69 Å². The van der Waals surface area contributed by atoms with Crippen LogP contribution in [0.2, 0.25) is 5.02 Å². The second-order valence-electron chi connectivity index (χ2n) is 6.08. The van der Waals surface area contributed by atoms with Crippen molar-refractivity contribution in [1.82, 2.24) is 5.32 Å². The SMILES string of the molecule is CCCCOc1c(Cl)cc(C(=O)Nc2ccccc2CNCC)cc1OC.Cl. The zero-order chi connectivity index (χ0) is 19.6. The van der Waals surface area contributed by atoms with Gasteiger partial charge in [-0.1, -0.05) is 50.1 Å². The molecule has 0 unspecified atom stereocenters. The molecule has 0 heterocycles. The molecule has 2 aromatic carbocycles. The Morgan fingerprint density at radius 3 is 2.61 bits per heavy atom. The van der Waals surface area contributed by atoms with E-state index in [4.69, 9.17) is 21.1 Å². The summed E-state index contributed by atoms with van der Waals surface area (Å²) < 4.78 is 11.1. The third-order valence-electron chi connectivity index (χ3n) is 4.07. The van der Waals surface area contributed by atoms with Crippen LogP contribution in [0, 0.1) is 0 Å². The van der Waals surface area contributed by atoms with Gasteiger partial charge < -0.3 is 20.1 Å². The maximum Gasteiger partial charge on any atom is 0.255 e. The molecule has 0 fully saturated rings. The van der Waals surface area contributed by atoms with E-state index in [1.54, 1.807) is 12.1 Å². The van der Waals surface area contributed by atoms with E-state index in [9.17, 15) is 4.79 Å². The van der Waals surface area contributed by atoms with Crippen molar-refractivity contribution in [1.29, 1.82) is 0 Å². The molecule has 2 aromatic rings. The van der Waals surface area contributed by atoms with E-state index >= 15 is 0 Å². The summed E-state index contributed by atoms with van der Waals surface area (Å²) in [6, 6.07) is 11.0. The molecule has 0 saturated heterocycles. The lowest BCUT2D eigenvalue weighted by Crippen LogP contribution is -2.17. The van der Waals surface area contributed by atoms with Gasteiger partial charge in [0.15, 0.2) is 11.5 Å². The number of para-hydroxylation sites is 1. The first kappa shape index (κ1) is 24.1. The standard InChI is InChI=1S/C21H27ClN2O3.ClH/c1-4-6-11-27-20-17(22)12-16(13-19(20)26-3)21(25)24-18-10-8-7-9-15(18)14-23-5-2;/h7-10,12-13,23H,4-6,11,14H2,1-3H3,(H,24,25);1H. The maximum absolute atomic E-state index is 12.7. The summed E-state index contributed by atoms with van der Waals surface area (Å²) in [4.78, 5) is 12.7. The van der Waals surface area contributed by atoms with Crippen molar-refractivity contribution in [2.45, 2.75) is 33.2 Å². The zero-order valence-corrected chi connectivity index (χ0v) is 18.1. The molecular weight excluding hydrogens is 399 g/mol. The van der Waals surface area contributed by atoms with Gasteiger partial charge >= 0.3 is 0 Å². The molecule has 7 heteroatoms. The molecule has 154 valence electrons. The molecule has 0 aliphatic heterocycles. The highest BCUT2D eigenvalue weighted by Gasteiger charge is 2.17. The van der Waals surface area contributed by atoms with E-state index < -0.39 is 0 Å². The van der Waals surface area contributed by atoms with E-state index in [0.717, 1.165) is 30.6 Å². The number of anilines is 1. The Hall–Kier alpha value is -1.95. The van der Waals surface area contributed by atoms with Gasteiger partial charge in [0.1, 0.15) is 0 Å². The molecule has 5 nitrogen and oxygen atoms in total. The number of benzene rings is 2. The first-order valence-corrected chi connectivity index (χ1v) is 9.58. The van der Waals surface area contributed by atoms with Gasteiger partial charge in [0.2, 0.25) is 0 Å². The molecular formula is C21H28Cl2N2O3. The quantitative estimate of drug-likeness (QED) is 0.505. The molecule has 0 aromatic heterocycles. The minimum absolute atomic E-state index is 0. The zero-order valence-electron chi connectivity index (χ0n) is 16.5. The van der Waals surface area contributed by atoms with Gasteiger partial charge in [-0.15, -0.1) is 12.4 Å². The van der Waals surface area contributed by atoms with Crippen LogP contribution < -0.4 is 20.1 Å². The lowest BCUT2D eigenvalue weighted by Gasteiger charge is -2.15. The Morgan fingerprint density at radius 1 is 1.18 bits per heavy atom. The van der Waals surface area contributed by atoms with Crippen LogP contribution in [0.3, 0.4) is 0 Å². The summed E-state index contributed by atoms with van der Waals surface area (Å²) in [6.07, 6.45) is 1.94. The molecule has 0 aliphatic carbocycles. The lowest BCUT2D eigenvalue weighted by molar-refractivity contribution is 0.102. The smallest absolute Gasteiger partial charge is 0.255 e. The van der Waals surface area contributed by atoms with E-state index in [1.807, 2.05) is 31.2 Å². The summed E-state index contributed by atoms with van der Waals surface area (Å²) in [5.74, 6) is 0.667. The van der Waals surface area contributed by atoms with Gasteiger partial charge in [-0.25, -0.2) is 0 Å². The first-order valence-electron chi connectivity index (χ1n) is 9.21. The predicted octanol–water partition coefficient (Wildman–Crippen LogP) is 5.31. The van der Waals surface area contributed by atoms with Gasteiger partial charge in [-0.05, 0) is 36.7 Å². The Balaban J connectivity index is 0.00000392. The van der Waals surface area contributed by atoms with Crippen LogP contribution in [-0.4, -0.2) is 26.2 Å². The number of hydrogen-bond donors (Lipinski definition) is 2. The van der Waals surface area contributed by atoms with E-state index in [0.29, 0.717) is 35.2 Å². The summed E-state index contributed by atoms with van der Waals surface area (Å²) >= 11 is 6.34. The van der Waals surface area contributed by atoms with Crippen LogP contribution >= 0.6 is 24.0 Å². The molecule has 0 atom stereocenters. The number of ether oxygens (including phenoxy) is 2. The van der Waals surface area contributed by atoms with E-state index in [1.165, 1.54) is 7.11 Å². The van der Waals surface area contributed by atoms with Crippen molar-refractivity contribution < 1.29 is 14.3 Å². The molecule has 28 heavy (non-hydrogen) atoms. The van der Waals surface area contributed by atoms with Crippen molar-refractivity contribution in [3.8, 4) is 11.5 Å². The van der Waals surface area contributed by atoms with E-state index in [2.05, 4.69) is 17.6 Å². The highest BCUT2D eigenvalue weighted by molar-refractivity contribution is 6.32. The second-order valence-corrected chi connectivity index (χ2v) is 6.49. The normalized spacial score (nSPS) is 10.1. The summed E-state index contributed by atoms with van der Waals surface area (Å²) in [5.41, 5.74) is 2.20. The Bertz CT molecular complexity index is 769. The van der Waals surface area contributed by atoms with Crippen LogP contribution in [0.5, 0.6) is 11.5 Å². The van der Waals surface area contributed by atoms with Crippen LogP contribution in [0.15, 0.2) is 36.4 Å². The fraction of sp³-hybridized carbons (Fsp3) is 0.381. The number of hydrogen-bond acceptors (Lipinski definition) is 4. The largest absolute Gasteiger partial charge is 0.493 e. The molecule has 1 amide bonds. The number of amides is 1. The monoisotopic (exact) mass is 426 g/mol. The van der Waals surface area contributed by atoms with Crippen LogP contribution in [0.1, 0.15) is 42.6 Å². The number of carbonyl (C=O) groups is 1. The second kappa shape index (κ2) is 12.5. The van der Waals surface area contributed by atoms with Gasteiger partial charge in [-0.3, -0.25) is 4.79 Å². The fourth-order valence-corrected chi connectivity index (χ4v) is 2.83. The van der Waals surface area contributed by atoms with Crippen molar-refractivity contribution in [2.24, 2.45) is 0 Å². The number of carbonyl (C=O) groups excluding carboxylic acids is 1. The number of halogens is 2. The van der Waals surface area contributed by atoms with Crippen molar-refractivity contribution in [3.05, 3.63) is 52.5 Å². The van der Waals surface area contributed by atoms with Gasteiger partial charge in [-0.2, -0.15) is 0 Å². The summed E-state index contributed by atoms with van der Waals surface area (Å²) in [6.45, 7) is 6.22. The topological polar surface area (TPSA) is 59.6 Å². The van der Waals surface area contributed by atoms with Gasteiger partial charge in [0.25, 0.3) is 5.91 Å². The minimum atomic E-state index is -0.251. The van der Waals surface area contributed by atoms with Crippen molar-refractivity contribution in [3.63, 3.8) is 0 Å². The van der Waals surface area contributed by atoms with Gasteiger partial charge in [0.05, 0.1) is 18.7 Å². The summed E-state index contributed by atoms with van der Waals surface area (Å²) in [5, 5.41) is 6.58. The minimum Gasteiger partial charge on any atom is -0.493 e. The Kier molecular flexibility index (Phi) is 10.8. The molecule has 0 spiro atoms. The molecule has 0 aliphatic rings. The van der Waals surface area contributed by atoms with E-state index in [-0.39, 0.29) is 18.3 Å². The highest BCUT2D eigenvalue weighted by atomic mass is 35.5. The first-order chi connectivity index (χ1) is 13.1. The molecule has 2 N–H and O–H groups in total. The lowest BCUT2D eigenvalue weighted by atomic mass is 10.1. The summed E-state index contributed by atoms with van der Waals surface area (Å²) in [7, 11) is 1.53. The third kappa shape index (κ3) is 6.59. The number of rotatable bonds is 10. The highest BCUT2D eigenvalue weighted by Crippen LogP contribution is 2.36. The van der Waals surface area contributed by atoms with Crippen molar-refractivity contribution >= 4 is 35.6 Å². The molecule has 0 bridgehead atoms. The number of nitrogens with one attached hydrogen (secondary N) is 2. The predicted molar refractivity (Wildman–Crippen MR) is 117 cm³/mol. The molecule has 0 saturated carbocycles.